The molecule has 0 saturated carbocycles. The molecule has 1 N–H and O–H groups in total. The summed E-state index contributed by atoms with van der Waals surface area (Å²) in [6, 6.07) is -0.231. The van der Waals surface area contributed by atoms with Gasteiger partial charge in [-0.25, -0.2) is 0 Å². The van der Waals surface area contributed by atoms with Gasteiger partial charge in [-0.2, -0.15) is 0 Å². The standard InChI is InChI=1S/C16H29N3O2.ClH/c1-3-14(19-9-5-6-15(19)20)16(21)18-10-7-13(8-11-18)12-17-4-2;/h13-14,17H,3-12H2,1-2H3;1H. The first-order valence-corrected chi connectivity index (χ1v) is 8.46. The lowest BCUT2D eigenvalue weighted by molar-refractivity contribution is -0.144. The molecule has 2 amide bonds. The second-order valence-electron chi connectivity index (χ2n) is 6.19. The Balaban J connectivity index is 0.00000242. The summed E-state index contributed by atoms with van der Waals surface area (Å²) in [6.45, 7) is 8.62. The number of hydrogen-bond donors (Lipinski definition) is 1. The van der Waals surface area contributed by atoms with E-state index in [1.165, 1.54) is 0 Å². The van der Waals surface area contributed by atoms with E-state index in [-0.39, 0.29) is 30.3 Å². The summed E-state index contributed by atoms with van der Waals surface area (Å²) < 4.78 is 0. The number of piperidine rings is 1. The van der Waals surface area contributed by atoms with Crippen LogP contribution in [0.5, 0.6) is 0 Å². The van der Waals surface area contributed by atoms with Crippen molar-refractivity contribution >= 4 is 24.2 Å². The third-order valence-corrected chi connectivity index (χ3v) is 4.77. The zero-order chi connectivity index (χ0) is 15.2. The molecular weight excluding hydrogens is 302 g/mol. The van der Waals surface area contributed by atoms with E-state index in [9.17, 15) is 9.59 Å². The maximum absolute atomic E-state index is 12.7. The molecule has 2 aliphatic heterocycles. The summed E-state index contributed by atoms with van der Waals surface area (Å²) in [7, 11) is 0. The van der Waals surface area contributed by atoms with Crippen LogP contribution in [0, 0.1) is 5.92 Å². The molecule has 0 bridgehead atoms. The fourth-order valence-corrected chi connectivity index (χ4v) is 3.44. The van der Waals surface area contributed by atoms with Gasteiger partial charge in [-0.3, -0.25) is 9.59 Å². The highest BCUT2D eigenvalue weighted by Crippen LogP contribution is 2.21. The van der Waals surface area contributed by atoms with Crippen molar-refractivity contribution < 1.29 is 9.59 Å². The van der Waals surface area contributed by atoms with Crippen LogP contribution in [0.4, 0.5) is 0 Å². The molecule has 0 aromatic heterocycles. The zero-order valence-corrected chi connectivity index (χ0v) is 14.7. The molecule has 22 heavy (non-hydrogen) atoms. The van der Waals surface area contributed by atoms with Crippen LogP contribution in [0.15, 0.2) is 0 Å². The lowest BCUT2D eigenvalue weighted by Gasteiger charge is -2.36. The van der Waals surface area contributed by atoms with E-state index in [1.54, 1.807) is 4.90 Å². The quantitative estimate of drug-likeness (QED) is 0.805. The number of rotatable bonds is 6. The van der Waals surface area contributed by atoms with Crippen molar-refractivity contribution in [2.75, 3.05) is 32.7 Å². The van der Waals surface area contributed by atoms with Crippen molar-refractivity contribution in [3.8, 4) is 0 Å². The number of halogens is 1. The number of amides is 2. The normalized spacial score (nSPS) is 20.9. The van der Waals surface area contributed by atoms with E-state index in [0.29, 0.717) is 12.3 Å². The van der Waals surface area contributed by atoms with Crippen LogP contribution in [-0.4, -0.2) is 60.4 Å². The molecule has 2 rings (SSSR count). The maximum Gasteiger partial charge on any atom is 0.245 e. The van der Waals surface area contributed by atoms with E-state index in [1.807, 2.05) is 11.8 Å². The Morgan fingerprint density at radius 1 is 1.27 bits per heavy atom. The van der Waals surface area contributed by atoms with Gasteiger partial charge in [0.05, 0.1) is 0 Å². The summed E-state index contributed by atoms with van der Waals surface area (Å²) in [5.41, 5.74) is 0. The molecule has 1 atom stereocenters. The minimum Gasteiger partial charge on any atom is -0.341 e. The van der Waals surface area contributed by atoms with Crippen molar-refractivity contribution in [3.05, 3.63) is 0 Å². The maximum atomic E-state index is 12.7. The Labute approximate surface area is 140 Å². The first kappa shape index (κ1) is 19.2. The molecule has 1 unspecified atom stereocenters. The van der Waals surface area contributed by atoms with Gasteiger partial charge in [0, 0.05) is 26.1 Å². The molecule has 0 aromatic carbocycles. The highest BCUT2D eigenvalue weighted by Gasteiger charge is 2.35. The first-order chi connectivity index (χ1) is 10.2. The molecule has 5 nitrogen and oxygen atoms in total. The van der Waals surface area contributed by atoms with Gasteiger partial charge in [0.1, 0.15) is 6.04 Å². The molecule has 6 heteroatoms. The Bertz CT molecular complexity index is 370. The molecule has 0 aliphatic carbocycles. The van der Waals surface area contributed by atoms with Crippen LogP contribution in [0.1, 0.15) is 46.0 Å². The molecule has 2 aliphatic rings. The van der Waals surface area contributed by atoms with E-state index in [0.717, 1.165) is 58.4 Å². The average molecular weight is 332 g/mol. The third-order valence-electron chi connectivity index (χ3n) is 4.77. The predicted molar refractivity (Wildman–Crippen MR) is 90.1 cm³/mol. The van der Waals surface area contributed by atoms with Crippen LogP contribution in [0.25, 0.3) is 0 Å². The summed E-state index contributed by atoms with van der Waals surface area (Å²) in [4.78, 5) is 28.4. The summed E-state index contributed by atoms with van der Waals surface area (Å²) >= 11 is 0. The molecule has 2 fully saturated rings. The Morgan fingerprint density at radius 2 is 1.95 bits per heavy atom. The lowest BCUT2D eigenvalue weighted by atomic mass is 9.96. The Hall–Kier alpha value is -0.810. The molecule has 2 heterocycles. The summed E-state index contributed by atoms with van der Waals surface area (Å²) in [6.07, 6.45) is 4.37. The highest BCUT2D eigenvalue weighted by molar-refractivity contribution is 5.88. The summed E-state index contributed by atoms with van der Waals surface area (Å²) in [5.74, 6) is 0.995. The van der Waals surface area contributed by atoms with E-state index in [2.05, 4.69) is 12.2 Å². The Morgan fingerprint density at radius 3 is 2.45 bits per heavy atom. The largest absolute Gasteiger partial charge is 0.341 e. The molecule has 0 radical (unpaired) electrons. The van der Waals surface area contributed by atoms with Crippen LogP contribution in [0.2, 0.25) is 0 Å². The third kappa shape index (κ3) is 4.59. The first-order valence-electron chi connectivity index (χ1n) is 8.46. The van der Waals surface area contributed by atoms with Crippen molar-refractivity contribution in [2.24, 2.45) is 5.92 Å². The monoisotopic (exact) mass is 331 g/mol. The smallest absolute Gasteiger partial charge is 0.245 e. The number of nitrogens with one attached hydrogen (secondary N) is 1. The molecule has 128 valence electrons. The molecular formula is C16H30ClN3O2. The Kier molecular flexibility index (Phi) is 8.18. The topological polar surface area (TPSA) is 52.7 Å². The minimum absolute atomic E-state index is 0. The fraction of sp³-hybridized carbons (Fsp3) is 0.875. The zero-order valence-electron chi connectivity index (χ0n) is 13.8. The number of hydrogen-bond acceptors (Lipinski definition) is 3. The SMILES string of the molecule is CCNCC1CCN(C(=O)C(CC)N2CCCC2=O)CC1.Cl. The molecule has 2 saturated heterocycles. The van der Waals surface area contributed by atoms with Gasteiger partial charge in [-0.05, 0) is 44.7 Å². The second kappa shape index (κ2) is 9.36. The summed E-state index contributed by atoms with van der Waals surface area (Å²) in [5, 5.41) is 3.39. The predicted octanol–water partition coefficient (Wildman–Crippen LogP) is 1.66. The van der Waals surface area contributed by atoms with Crippen molar-refractivity contribution in [1.29, 1.82) is 0 Å². The van der Waals surface area contributed by atoms with Gasteiger partial charge in [0.25, 0.3) is 0 Å². The number of carbonyl (C=O) groups excluding carboxylic acids is 2. The highest BCUT2D eigenvalue weighted by atomic mass is 35.5. The van der Waals surface area contributed by atoms with E-state index < -0.39 is 0 Å². The van der Waals surface area contributed by atoms with Crippen LogP contribution >= 0.6 is 12.4 Å². The van der Waals surface area contributed by atoms with Crippen molar-refractivity contribution in [3.63, 3.8) is 0 Å². The number of nitrogens with zero attached hydrogens (tertiary/aromatic N) is 2. The lowest BCUT2D eigenvalue weighted by Crippen LogP contribution is -2.51. The van der Waals surface area contributed by atoms with Crippen molar-refractivity contribution in [2.45, 2.75) is 52.0 Å². The van der Waals surface area contributed by atoms with Crippen LogP contribution in [-0.2, 0) is 9.59 Å². The fourth-order valence-electron chi connectivity index (χ4n) is 3.44. The minimum atomic E-state index is -0.231. The van der Waals surface area contributed by atoms with Crippen LogP contribution in [0.3, 0.4) is 0 Å². The van der Waals surface area contributed by atoms with Gasteiger partial charge in [0.2, 0.25) is 11.8 Å². The van der Waals surface area contributed by atoms with E-state index >= 15 is 0 Å². The van der Waals surface area contributed by atoms with Gasteiger partial charge in [0.15, 0.2) is 0 Å². The van der Waals surface area contributed by atoms with Gasteiger partial charge >= 0.3 is 0 Å². The van der Waals surface area contributed by atoms with Crippen LogP contribution < -0.4 is 5.32 Å². The van der Waals surface area contributed by atoms with E-state index in [4.69, 9.17) is 0 Å². The average Bonchev–Trinajstić information content (AvgIpc) is 2.92. The second-order valence-corrected chi connectivity index (χ2v) is 6.19. The van der Waals surface area contributed by atoms with Gasteiger partial charge < -0.3 is 15.1 Å². The molecule has 0 aromatic rings. The van der Waals surface area contributed by atoms with Gasteiger partial charge in [-0.1, -0.05) is 13.8 Å². The number of carbonyl (C=O) groups is 2. The molecule has 0 spiro atoms. The van der Waals surface area contributed by atoms with Crippen molar-refractivity contribution in [1.82, 2.24) is 15.1 Å². The van der Waals surface area contributed by atoms with Gasteiger partial charge in [-0.15, -0.1) is 12.4 Å². The number of likely N-dealkylation sites (tertiary alicyclic amines) is 2.